The maximum absolute atomic E-state index is 12.7. The van der Waals surface area contributed by atoms with E-state index in [2.05, 4.69) is 11.1 Å². The first-order valence-electron chi connectivity index (χ1n) is 9.63. The van der Waals surface area contributed by atoms with E-state index in [0.717, 1.165) is 22.0 Å². The van der Waals surface area contributed by atoms with Crippen LogP contribution in [0.2, 0.25) is 0 Å². The molecule has 1 aliphatic rings. The first-order chi connectivity index (χ1) is 15.0. The molecule has 1 aromatic heterocycles. The van der Waals surface area contributed by atoms with Crippen molar-refractivity contribution in [1.29, 1.82) is 0 Å². The van der Waals surface area contributed by atoms with Crippen molar-refractivity contribution in [2.24, 2.45) is 0 Å². The highest BCUT2D eigenvalue weighted by Crippen LogP contribution is 2.34. The van der Waals surface area contributed by atoms with Crippen LogP contribution in [0.15, 0.2) is 72.3 Å². The number of nitrogens with zero attached hydrogens (tertiary/aromatic N) is 2. The van der Waals surface area contributed by atoms with Gasteiger partial charge in [0.05, 0.1) is 17.6 Å². The third-order valence-electron chi connectivity index (χ3n) is 4.99. The van der Waals surface area contributed by atoms with Crippen LogP contribution >= 0.6 is 24.0 Å². The average Bonchev–Trinajstić information content (AvgIpc) is 3.26. The Kier molecular flexibility index (Phi) is 6.06. The molecule has 4 rings (SSSR count). The summed E-state index contributed by atoms with van der Waals surface area (Å²) in [5.41, 5.74) is 3.48. The number of aromatic nitrogens is 1. The van der Waals surface area contributed by atoms with E-state index in [1.165, 1.54) is 18.9 Å². The summed E-state index contributed by atoms with van der Waals surface area (Å²) in [6.07, 6.45) is 5.59. The van der Waals surface area contributed by atoms with Crippen LogP contribution in [0.5, 0.6) is 0 Å². The lowest BCUT2D eigenvalue weighted by Crippen LogP contribution is -2.27. The molecule has 3 aromatic rings. The molecule has 0 aliphatic carbocycles. The van der Waals surface area contributed by atoms with Crippen LogP contribution in [0.25, 0.3) is 17.0 Å². The molecule has 1 aliphatic heterocycles. The monoisotopic (exact) mass is 448 g/mol. The first kappa shape index (κ1) is 21.1. The van der Waals surface area contributed by atoms with Crippen molar-refractivity contribution in [3.05, 3.63) is 89.0 Å². The zero-order chi connectivity index (χ0) is 22.0. The summed E-state index contributed by atoms with van der Waals surface area (Å²) in [6.45, 7) is 4.68. The van der Waals surface area contributed by atoms with Gasteiger partial charge in [0.25, 0.3) is 5.91 Å². The summed E-state index contributed by atoms with van der Waals surface area (Å²) >= 11 is 6.65. The number of esters is 1. The minimum absolute atomic E-state index is 0.0995. The van der Waals surface area contributed by atoms with Gasteiger partial charge in [-0.25, -0.2) is 4.79 Å². The molecule has 31 heavy (non-hydrogen) atoms. The summed E-state index contributed by atoms with van der Waals surface area (Å²) in [6, 6.07) is 15.4. The number of para-hydroxylation sites is 1. The Morgan fingerprint density at radius 2 is 2.03 bits per heavy atom. The molecule has 1 amide bonds. The fourth-order valence-electron chi connectivity index (χ4n) is 3.56. The Labute approximate surface area is 190 Å². The zero-order valence-electron chi connectivity index (χ0n) is 16.9. The third-order valence-corrected chi connectivity index (χ3v) is 6.37. The van der Waals surface area contributed by atoms with Gasteiger partial charge in [0.15, 0.2) is 0 Å². The number of carbonyl (C=O) groups excluding carboxylic acids is 2. The summed E-state index contributed by atoms with van der Waals surface area (Å²) in [5, 5.41) is 1.04. The highest BCUT2D eigenvalue weighted by Gasteiger charge is 2.31. The van der Waals surface area contributed by atoms with Crippen molar-refractivity contribution in [1.82, 2.24) is 9.47 Å². The SMILES string of the molecule is C=CCN1C(=O)/C(=C/c2cn(Cc3cccc(C(=O)OC)c3)c3ccccc23)SC1=S. The molecule has 0 N–H and O–H groups in total. The summed E-state index contributed by atoms with van der Waals surface area (Å²) in [4.78, 5) is 26.7. The van der Waals surface area contributed by atoms with E-state index < -0.39 is 0 Å². The van der Waals surface area contributed by atoms with E-state index in [1.807, 2.05) is 54.7 Å². The van der Waals surface area contributed by atoms with Crippen molar-refractivity contribution in [2.45, 2.75) is 6.54 Å². The van der Waals surface area contributed by atoms with Gasteiger partial charge < -0.3 is 9.30 Å². The van der Waals surface area contributed by atoms with Gasteiger partial charge >= 0.3 is 5.97 Å². The number of carbonyl (C=O) groups is 2. The number of benzene rings is 2. The second-order valence-electron chi connectivity index (χ2n) is 7.00. The number of ether oxygens (including phenoxy) is 1. The fourth-order valence-corrected chi connectivity index (χ4v) is 4.83. The van der Waals surface area contributed by atoms with Crippen LogP contribution in [-0.2, 0) is 16.1 Å². The first-order valence-corrected chi connectivity index (χ1v) is 10.9. The molecule has 0 radical (unpaired) electrons. The molecule has 0 bridgehead atoms. The molecular weight excluding hydrogens is 428 g/mol. The van der Waals surface area contributed by atoms with Crippen molar-refractivity contribution >= 4 is 57.2 Å². The molecule has 156 valence electrons. The number of hydrogen-bond donors (Lipinski definition) is 0. The van der Waals surface area contributed by atoms with Crippen molar-refractivity contribution in [2.75, 3.05) is 13.7 Å². The maximum Gasteiger partial charge on any atom is 0.337 e. The van der Waals surface area contributed by atoms with Crippen LogP contribution in [0.3, 0.4) is 0 Å². The highest BCUT2D eigenvalue weighted by molar-refractivity contribution is 8.26. The Morgan fingerprint density at radius 1 is 1.23 bits per heavy atom. The number of thiocarbonyl (C=S) groups is 1. The topological polar surface area (TPSA) is 51.5 Å². The number of thioether (sulfide) groups is 1. The van der Waals surface area contributed by atoms with E-state index in [0.29, 0.717) is 27.9 Å². The second-order valence-corrected chi connectivity index (χ2v) is 8.68. The summed E-state index contributed by atoms with van der Waals surface area (Å²) < 4.78 is 7.48. The number of hydrogen-bond acceptors (Lipinski definition) is 5. The van der Waals surface area contributed by atoms with Crippen LogP contribution in [0.4, 0.5) is 0 Å². The Bertz CT molecular complexity index is 1240. The molecule has 7 heteroatoms. The smallest absolute Gasteiger partial charge is 0.337 e. The Hall–Kier alpha value is -3.16. The maximum atomic E-state index is 12.7. The van der Waals surface area contributed by atoms with Gasteiger partial charge in [-0.2, -0.15) is 0 Å². The van der Waals surface area contributed by atoms with E-state index >= 15 is 0 Å². The molecule has 1 fully saturated rings. The average molecular weight is 449 g/mol. The number of rotatable bonds is 6. The van der Waals surface area contributed by atoms with E-state index in [-0.39, 0.29) is 11.9 Å². The van der Waals surface area contributed by atoms with Gasteiger partial charge in [0.1, 0.15) is 4.32 Å². The van der Waals surface area contributed by atoms with E-state index in [4.69, 9.17) is 17.0 Å². The molecule has 0 spiro atoms. The van der Waals surface area contributed by atoms with Gasteiger partial charge in [-0.05, 0) is 29.8 Å². The minimum Gasteiger partial charge on any atom is -0.465 e. The van der Waals surface area contributed by atoms with Crippen LogP contribution < -0.4 is 0 Å². The number of methoxy groups -OCH3 is 1. The predicted molar refractivity (Wildman–Crippen MR) is 129 cm³/mol. The zero-order valence-corrected chi connectivity index (χ0v) is 18.5. The third kappa shape index (κ3) is 4.19. The fraction of sp³-hybridized carbons (Fsp3) is 0.125. The normalized spacial score (nSPS) is 15.1. The highest BCUT2D eigenvalue weighted by atomic mass is 32.2. The lowest BCUT2D eigenvalue weighted by Gasteiger charge is -2.10. The minimum atomic E-state index is -0.360. The van der Waals surface area contributed by atoms with Crippen molar-refractivity contribution in [3.63, 3.8) is 0 Å². The molecule has 2 aromatic carbocycles. The van der Waals surface area contributed by atoms with Crippen LogP contribution in [0.1, 0.15) is 21.5 Å². The lowest BCUT2D eigenvalue weighted by atomic mass is 10.1. The van der Waals surface area contributed by atoms with Gasteiger partial charge in [-0.15, -0.1) is 6.58 Å². The molecular formula is C24H20N2O3S2. The number of amides is 1. The molecule has 2 heterocycles. The standard InChI is InChI=1S/C24H20N2O3S2/c1-3-11-26-22(27)21(31-24(26)30)13-18-15-25(20-10-5-4-9-19(18)20)14-16-7-6-8-17(12-16)23(28)29-2/h3-10,12-13,15H,1,11,14H2,2H3/b21-13-. The molecule has 0 saturated carbocycles. The molecule has 5 nitrogen and oxygen atoms in total. The van der Waals surface area contributed by atoms with E-state index in [1.54, 1.807) is 17.0 Å². The van der Waals surface area contributed by atoms with Gasteiger partial charge in [0.2, 0.25) is 0 Å². The Morgan fingerprint density at radius 3 is 2.81 bits per heavy atom. The molecule has 0 unspecified atom stereocenters. The molecule has 1 saturated heterocycles. The van der Waals surface area contributed by atoms with Gasteiger partial charge in [-0.1, -0.05) is 60.4 Å². The lowest BCUT2D eigenvalue weighted by molar-refractivity contribution is -0.121. The van der Waals surface area contributed by atoms with Gasteiger partial charge in [-0.3, -0.25) is 9.69 Å². The summed E-state index contributed by atoms with van der Waals surface area (Å²) in [5.74, 6) is -0.459. The van der Waals surface area contributed by atoms with Gasteiger partial charge in [0, 0.05) is 35.8 Å². The summed E-state index contributed by atoms with van der Waals surface area (Å²) in [7, 11) is 1.37. The number of fused-ring (bicyclic) bond motifs is 1. The second kappa shape index (κ2) is 8.91. The predicted octanol–water partition coefficient (Wildman–Crippen LogP) is 4.86. The largest absolute Gasteiger partial charge is 0.465 e. The van der Waals surface area contributed by atoms with Crippen molar-refractivity contribution in [3.8, 4) is 0 Å². The van der Waals surface area contributed by atoms with Crippen molar-refractivity contribution < 1.29 is 14.3 Å². The quantitative estimate of drug-likeness (QED) is 0.233. The van der Waals surface area contributed by atoms with Crippen LogP contribution in [-0.4, -0.2) is 39.3 Å². The van der Waals surface area contributed by atoms with Crippen LogP contribution in [0, 0.1) is 0 Å². The van der Waals surface area contributed by atoms with E-state index in [9.17, 15) is 9.59 Å². The molecule has 0 atom stereocenters. The Balaban J connectivity index is 1.71.